The molecule has 3 aromatic rings. The third-order valence-corrected chi connectivity index (χ3v) is 5.13. The van der Waals surface area contributed by atoms with Crippen LogP contribution in [0.1, 0.15) is 41.3 Å². The number of hydrogen-bond acceptors (Lipinski definition) is 5. The molecule has 0 amide bonds. The Morgan fingerprint density at radius 3 is 2.59 bits per heavy atom. The van der Waals surface area contributed by atoms with Gasteiger partial charge in [-0.3, -0.25) is 0 Å². The molecule has 3 heterocycles. The van der Waals surface area contributed by atoms with Crippen LogP contribution in [0.15, 0.2) is 70.2 Å². The van der Waals surface area contributed by atoms with Crippen LogP contribution in [-0.4, -0.2) is 17.8 Å². The van der Waals surface area contributed by atoms with Crippen LogP contribution in [0, 0.1) is 6.92 Å². The van der Waals surface area contributed by atoms with Crippen molar-refractivity contribution in [3.8, 4) is 11.5 Å². The molecule has 0 N–H and O–H groups in total. The zero-order valence-electron chi connectivity index (χ0n) is 15.3. The van der Waals surface area contributed by atoms with Crippen molar-refractivity contribution in [1.29, 1.82) is 0 Å². The van der Waals surface area contributed by atoms with Crippen LogP contribution in [0.25, 0.3) is 0 Å². The van der Waals surface area contributed by atoms with Crippen molar-refractivity contribution in [3.05, 3.63) is 83.3 Å². The molecule has 1 aromatic heterocycles. The molecule has 0 saturated heterocycles. The summed E-state index contributed by atoms with van der Waals surface area (Å²) < 4.78 is 17.4. The Morgan fingerprint density at radius 1 is 1.04 bits per heavy atom. The van der Waals surface area contributed by atoms with Gasteiger partial charge in [-0.25, -0.2) is 5.01 Å². The SMILES string of the molecule is COc1ccc(C2=NN3[C@@H](c4ccc(C)o4)Oc4ccccc4[C@@H]3C2)cc1. The van der Waals surface area contributed by atoms with Gasteiger partial charge in [0.05, 0.1) is 18.9 Å². The van der Waals surface area contributed by atoms with Crippen molar-refractivity contribution in [1.82, 2.24) is 5.01 Å². The molecule has 2 aromatic carbocycles. The highest BCUT2D eigenvalue weighted by molar-refractivity contribution is 6.02. The molecule has 5 heteroatoms. The van der Waals surface area contributed by atoms with Crippen LogP contribution in [0.2, 0.25) is 0 Å². The van der Waals surface area contributed by atoms with Crippen molar-refractivity contribution < 1.29 is 13.9 Å². The van der Waals surface area contributed by atoms with E-state index in [1.54, 1.807) is 7.11 Å². The molecule has 0 saturated carbocycles. The van der Waals surface area contributed by atoms with Crippen LogP contribution in [0.3, 0.4) is 0 Å². The lowest BCUT2D eigenvalue weighted by molar-refractivity contribution is -0.0329. The normalized spacial score (nSPS) is 20.5. The summed E-state index contributed by atoms with van der Waals surface area (Å²) in [5, 5.41) is 6.95. The third kappa shape index (κ3) is 2.67. The standard InChI is InChI=1S/C22H20N2O3/c1-14-7-12-21(26-14)22-24-19(17-5-3-4-6-20(17)27-22)13-18(23-24)15-8-10-16(25-2)11-9-15/h3-12,19,22H,13H2,1-2H3/t19-,22+/m0/s1. The Labute approximate surface area is 157 Å². The minimum absolute atomic E-state index is 0.127. The Bertz CT molecular complexity index is 1010. The maximum Gasteiger partial charge on any atom is 0.246 e. The second-order valence-corrected chi connectivity index (χ2v) is 6.83. The van der Waals surface area contributed by atoms with Crippen molar-refractivity contribution in [2.75, 3.05) is 7.11 Å². The van der Waals surface area contributed by atoms with Crippen molar-refractivity contribution >= 4 is 5.71 Å². The molecule has 0 radical (unpaired) electrons. The summed E-state index contributed by atoms with van der Waals surface area (Å²) in [7, 11) is 1.67. The van der Waals surface area contributed by atoms with Gasteiger partial charge in [0, 0.05) is 12.0 Å². The third-order valence-electron chi connectivity index (χ3n) is 5.13. The first kappa shape index (κ1) is 16.0. The average molecular weight is 360 g/mol. The van der Waals surface area contributed by atoms with Gasteiger partial charge in [0.15, 0.2) is 5.76 Å². The highest BCUT2D eigenvalue weighted by Crippen LogP contribution is 2.47. The van der Waals surface area contributed by atoms with E-state index in [1.165, 1.54) is 0 Å². The van der Waals surface area contributed by atoms with E-state index in [0.29, 0.717) is 0 Å². The van der Waals surface area contributed by atoms with Gasteiger partial charge >= 0.3 is 0 Å². The Kier molecular flexibility index (Phi) is 3.67. The summed E-state index contributed by atoms with van der Waals surface area (Å²) in [5.41, 5.74) is 3.29. The van der Waals surface area contributed by atoms with Crippen molar-refractivity contribution in [2.45, 2.75) is 25.6 Å². The number of hydrazone groups is 1. The van der Waals surface area contributed by atoms with E-state index in [4.69, 9.17) is 19.0 Å². The summed E-state index contributed by atoms with van der Waals surface area (Å²) in [6, 6.07) is 20.3. The number of ether oxygens (including phenoxy) is 2. The number of para-hydroxylation sites is 1. The minimum Gasteiger partial charge on any atom is -0.497 e. The lowest BCUT2D eigenvalue weighted by atomic mass is 9.96. The fraction of sp³-hybridized carbons (Fsp3) is 0.227. The van der Waals surface area contributed by atoms with Gasteiger partial charge in [-0.15, -0.1) is 0 Å². The quantitative estimate of drug-likeness (QED) is 0.671. The summed E-state index contributed by atoms with van der Waals surface area (Å²) in [5.74, 6) is 3.37. The monoisotopic (exact) mass is 360 g/mol. The molecule has 0 unspecified atom stereocenters. The molecular weight excluding hydrogens is 340 g/mol. The molecule has 2 aliphatic rings. The lowest BCUT2D eigenvalue weighted by Crippen LogP contribution is -2.33. The van der Waals surface area contributed by atoms with Gasteiger partial charge in [-0.05, 0) is 55.0 Å². The lowest BCUT2D eigenvalue weighted by Gasteiger charge is -2.36. The number of rotatable bonds is 3. The Balaban J connectivity index is 1.56. The van der Waals surface area contributed by atoms with Crippen molar-refractivity contribution in [2.24, 2.45) is 5.10 Å². The molecule has 5 rings (SSSR count). The molecule has 2 aliphatic heterocycles. The summed E-state index contributed by atoms with van der Waals surface area (Å²) >= 11 is 0. The summed E-state index contributed by atoms with van der Waals surface area (Å²) in [4.78, 5) is 0. The van der Waals surface area contributed by atoms with Crippen LogP contribution in [0.4, 0.5) is 0 Å². The molecule has 0 bridgehead atoms. The highest BCUT2D eigenvalue weighted by Gasteiger charge is 2.42. The summed E-state index contributed by atoms with van der Waals surface area (Å²) in [6.07, 6.45) is 0.456. The molecule has 2 atom stereocenters. The zero-order valence-corrected chi connectivity index (χ0v) is 15.3. The molecule has 5 nitrogen and oxygen atoms in total. The second-order valence-electron chi connectivity index (χ2n) is 6.83. The van der Waals surface area contributed by atoms with Gasteiger partial charge in [-0.1, -0.05) is 18.2 Å². The van der Waals surface area contributed by atoms with E-state index in [1.807, 2.05) is 54.4 Å². The fourth-order valence-corrected chi connectivity index (χ4v) is 3.77. The van der Waals surface area contributed by atoms with Crippen LogP contribution >= 0.6 is 0 Å². The molecule has 0 spiro atoms. The molecule has 0 fully saturated rings. The highest BCUT2D eigenvalue weighted by atomic mass is 16.5. The van der Waals surface area contributed by atoms with E-state index >= 15 is 0 Å². The largest absolute Gasteiger partial charge is 0.497 e. The van der Waals surface area contributed by atoms with E-state index in [0.717, 1.165) is 46.3 Å². The van der Waals surface area contributed by atoms with Crippen LogP contribution < -0.4 is 9.47 Å². The first-order chi connectivity index (χ1) is 13.2. The Hall–Kier alpha value is -3.21. The number of nitrogens with zero attached hydrogens (tertiary/aromatic N) is 2. The molecular formula is C22H20N2O3. The minimum atomic E-state index is -0.366. The fourth-order valence-electron chi connectivity index (χ4n) is 3.77. The van der Waals surface area contributed by atoms with Gasteiger partial charge in [0.25, 0.3) is 0 Å². The van der Waals surface area contributed by atoms with E-state index in [-0.39, 0.29) is 12.3 Å². The number of methoxy groups -OCH3 is 1. The molecule has 0 aliphatic carbocycles. The van der Waals surface area contributed by atoms with Gasteiger partial charge in [-0.2, -0.15) is 5.10 Å². The summed E-state index contributed by atoms with van der Waals surface area (Å²) in [6.45, 7) is 1.94. The van der Waals surface area contributed by atoms with E-state index < -0.39 is 0 Å². The van der Waals surface area contributed by atoms with Gasteiger partial charge in [0.1, 0.15) is 17.3 Å². The maximum absolute atomic E-state index is 6.27. The van der Waals surface area contributed by atoms with Crippen LogP contribution in [0.5, 0.6) is 11.5 Å². The predicted octanol–water partition coefficient (Wildman–Crippen LogP) is 4.84. The average Bonchev–Trinajstić information content (AvgIpc) is 3.34. The predicted molar refractivity (Wildman–Crippen MR) is 102 cm³/mol. The van der Waals surface area contributed by atoms with E-state index in [9.17, 15) is 0 Å². The maximum atomic E-state index is 6.27. The zero-order chi connectivity index (χ0) is 18.4. The first-order valence-corrected chi connectivity index (χ1v) is 9.05. The first-order valence-electron chi connectivity index (χ1n) is 9.05. The Morgan fingerprint density at radius 2 is 1.85 bits per heavy atom. The topological polar surface area (TPSA) is 47.2 Å². The molecule has 136 valence electrons. The van der Waals surface area contributed by atoms with Gasteiger partial charge in [0.2, 0.25) is 6.23 Å². The number of fused-ring (bicyclic) bond motifs is 3. The number of hydrogen-bond donors (Lipinski definition) is 0. The smallest absolute Gasteiger partial charge is 0.246 e. The van der Waals surface area contributed by atoms with Crippen molar-refractivity contribution in [3.63, 3.8) is 0 Å². The van der Waals surface area contributed by atoms with Gasteiger partial charge < -0.3 is 13.9 Å². The number of benzene rings is 2. The van der Waals surface area contributed by atoms with Crippen LogP contribution in [-0.2, 0) is 0 Å². The second kappa shape index (κ2) is 6.20. The van der Waals surface area contributed by atoms with E-state index in [2.05, 4.69) is 18.2 Å². The number of furan rings is 1. The molecule has 27 heavy (non-hydrogen) atoms. The number of aryl methyl sites for hydroxylation is 1.